The predicted molar refractivity (Wildman–Crippen MR) is 96.0 cm³/mol. The van der Waals surface area contributed by atoms with Gasteiger partial charge in [0.05, 0.1) is 24.9 Å². The molecule has 2 heterocycles. The maximum Gasteiger partial charge on any atom is 0.268 e. The van der Waals surface area contributed by atoms with E-state index in [0.717, 1.165) is 36.5 Å². The number of nitrogens with zero attached hydrogens (tertiary/aromatic N) is 3. The highest BCUT2D eigenvalue weighted by atomic mass is 16.5. The van der Waals surface area contributed by atoms with Crippen molar-refractivity contribution in [3.8, 4) is 5.75 Å². The number of aromatic nitrogens is 2. The van der Waals surface area contributed by atoms with Gasteiger partial charge in [0.1, 0.15) is 5.75 Å². The summed E-state index contributed by atoms with van der Waals surface area (Å²) >= 11 is 0. The molecule has 0 saturated carbocycles. The van der Waals surface area contributed by atoms with E-state index >= 15 is 0 Å². The number of rotatable bonds is 4. The molecule has 0 aliphatic carbocycles. The molecule has 1 atom stereocenters. The molecule has 1 aliphatic rings. The second-order valence-electron chi connectivity index (χ2n) is 6.18. The van der Waals surface area contributed by atoms with E-state index in [4.69, 9.17) is 4.74 Å². The Hall–Kier alpha value is -2.83. The average molecular weight is 342 g/mol. The van der Waals surface area contributed by atoms with Crippen LogP contribution in [0.2, 0.25) is 0 Å². The number of aryl methyl sites for hydroxylation is 1. The molecular weight excluding hydrogens is 320 g/mol. The van der Waals surface area contributed by atoms with Crippen LogP contribution in [-0.4, -0.2) is 35.9 Å². The van der Waals surface area contributed by atoms with E-state index in [0.29, 0.717) is 6.54 Å². The maximum absolute atomic E-state index is 12.6. The van der Waals surface area contributed by atoms with Gasteiger partial charge in [0.25, 0.3) is 5.56 Å². The Labute approximate surface area is 146 Å². The first kappa shape index (κ1) is 17.0. The molecule has 7 heteroatoms. The van der Waals surface area contributed by atoms with E-state index in [1.807, 2.05) is 24.3 Å². The van der Waals surface area contributed by atoms with Crippen molar-refractivity contribution in [2.75, 3.05) is 30.4 Å². The van der Waals surface area contributed by atoms with Crippen molar-refractivity contribution < 1.29 is 9.53 Å². The van der Waals surface area contributed by atoms with Crippen LogP contribution < -0.4 is 20.5 Å². The monoisotopic (exact) mass is 342 g/mol. The van der Waals surface area contributed by atoms with Crippen LogP contribution >= 0.6 is 0 Å². The Morgan fingerprint density at radius 1 is 1.32 bits per heavy atom. The smallest absolute Gasteiger partial charge is 0.268 e. The fourth-order valence-electron chi connectivity index (χ4n) is 2.98. The van der Waals surface area contributed by atoms with Crippen LogP contribution in [0.3, 0.4) is 0 Å². The molecule has 1 saturated heterocycles. The van der Waals surface area contributed by atoms with Gasteiger partial charge in [-0.3, -0.25) is 9.59 Å². The minimum atomic E-state index is -0.151. The van der Waals surface area contributed by atoms with Crippen LogP contribution in [0, 0.1) is 5.92 Å². The second kappa shape index (κ2) is 7.38. The summed E-state index contributed by atoms with van der Waals surface area (Å²) in [5.41, 5.74) is 1.37. The summed E-state index contributed by atoms with van der Waals surface area (Å²) in [6, 6.07) is 8.84. The van der Waals surface area contributed by atoms with Crippen LogP contribution in [0.1, 0.15) is 12.8 Å². The zero-order valence-electron chi connectivity index (χ0n) is 14.4. The van der Waals surface area contributed by atoms with Gasteiger partial charge in [0.15, 0.2) is 0 Å². The molecule has 1 aliphatic heterocycles. The lowest BCUT2D eigenvalue weighted by atomic mass is 9.96. The third-order valence-electron chi connectivity index (χ3n) is 4.47. The van der Waals surface area contributed by atoms with E-state index in [9.17, 15) is 9.59 Å². The first-order chi connectivity index (χ1) is 12.1. The van der Waals surface area contributed by atoms with Gasteiger partial charge in [0, 0.05) is 31.9 Å². The number of nitrogens with one attached hydrogen (secondary N) is 1. The molecule has 2 aromatic rings. The van der Waals surface area contributed by atoms with Crippen molar-refractivity contribution in [2.24, 2.45) is 13.0 Å². The molecule has 0 radical (unpaired) electrons. The number of amides is 1. The van der Waals surface area contributed by atoms with Gasteiger partial charge in [-0.2, -0.15) is 5.10 Å². The lowest BCUT2D eigenvalue weighted by Crippen LogP contribution is -2.41. The number of methoxy groups -OCH3 is 1. The second-order valence-corrected chi connectivity index (χ2v) is 6.18. The van der Waals surface area contributed by atoms with E-state index < -0.39 is 0 Å². The number of anilines is 2. The zero-order chi connectivity index (χ0) is 17.8. The number of carbonyl (C=O) groups excluding carboxylic acids is 1. The minimum absolute atomic E-state index is 0.00772. The van der Waals surface area contributed by atoms with Crippen molar-refractivity contribution in [2.45, 2.75) is 12.8 Å². The lowest BCUT2D eigenvalue weighted by Gasteiger charge is -2.33. The van der Waals surface area contributed by atoms with Crippen LogP contribution in [-0.2, 0) is 11.8 Å². The van der Waals surface area contributed by atoms with Gasteiger partial charge in [-0.25, -0.2) is 4.68 Å². The Morgan fingerprint density at radius 2 is 2.08 bits per heavy atom. The van der Waals surface area contributed by atoms with E-state index in [1.165, 1.54) is 4.68 Å². The van der Waals surface area contributed by atoms with Gasteiger partial charge >= 0.3 is 0 Å². The molecule has 3 rings (SSSR count). The largest absolute Gasteiger partial charge is 0.497 e. The summed E-state index contributed by atoms with van der Waals surface area (Å²) < 4.78 is 6.41. The lowest BCUT2D eigenvalue weighted by molar-refractivity contribution is -0.120. The van der Waals surface area contributed by atoms with Crippen LogP contribution in [0.25, 0.3) is 0 Å². The molecule has 1 N–H and O–H groups in total. The van der Waals surface area contributed by atoms with Crippen molar-refractivity contribution in [1.29, 1.82) is 0 Å². The highest BCUT2D eigenvalue weighted by Gasteiger charge is 2.26. The molecule has 25 heavy (non-hydrogen) atoms. The van der Waals surface area contributed by atoms with Gasteiger partial charge in [-0.1, -0.05) is 0 Å². The molecule has 0 unspecified atom stereocenters. The molecular formula is C18H22N4O3. The summed E-state index contributed by atoms with van der Waals surface area (Å²) in [4.78, 5) is 26.4. The molecule has 132 valence electrons. The third kappa shape index (κ3) is 3.99. The Balaban J connectivity index is 1.66. The minimum Gasteiger partial charge on any atom is -0.497 e. The number of hydrogen-bond donors (Lipinski definition) is 1. The Morgan fingerprint density at radius 3 is 2.76 bits per heavy atom. The van der Waals surface area contributed by atoms with Crippen LogP contribution in [0.5, 0.6) is 5.75 Å². The van der Waals surface area contributed by atoms with E-state index in [-0.39, 0.29) is 17.4 Å². The average Bonchev–Trinajstić information content (AvgIpc) is 2.64. The predicted octanol–water partition coefficient (Wildman–Crippen LogP) is 1.64. The normalized spacial score (nSPS) is 17.2. The van der Waals surface area contributed by atoms with Crippen molar-refractivity contribution >= 4 is 17.3 Å². The number of carbonyl (C=O) groups is 1. The standard InChI is InChI=1S/C18H22N4O3/c1-21-17(23)10-15(11-19-21)22-9-3-4-13(12-22)18(24)20-14-5-7-16(25-2)8-6-14/h5-8,10-11,13H,3-4,9,12H2,1-2H3,(H,20,24)/t13-/m1/s1. The van der Waals surface area contributed by atoms with Crippen molar-refractivity contribution in [3.63, 3.8) is 0 Å². The molecule has 1 aromatic heterocycles. The topological polar surface area (TPSA) is 76.5 Å². The summed E-state index contributed by atoms with van der Waals surface area (Å²) in [7, 11) is 3.23. The van der Waals surface area contributed by atoms with Gasteiger partial charge in [-0.15, -0.1) is 0 Å². The molecule has 1 fully saturated rings. The van der Waals surface area contributed by atoms with Gasteiger partial charge in [-0.05, 0) is 37.1 Å². The highest BCUT2D eigenvalue weighted by Crippen LogP contribution is 2.23. The van der Waals surface area contributed by atoms with Gasteiger partial charge < -0.3 is 15.0 Å². The molecule has 0 bridgehead atoms. The highest BCUT2D eigenvalue weighted by molar-refractivity contribution is 5.93. The summed E-state index contributed by atoms with van der Waals surface area (Å²) in [5, 5.41) is 7.01. The maximum atomic E-state index is 12.6. The molecule has 0 spiro atoms. The first-order valence-electron chi connectivity index (χ1n) is 8.30. The zero-order valence-corrected chi connectivity index (χ0v) is 14.4. The Kier molecular flexibility index (Phi) is 5.02. The summed E-state index contributed by atoms with van der Waals surface area (Å²) in [6.07, 6.45) is 3.40. The number of benzene rings is 1. The van der Waals surface area contributed by atoms with Crippen LogP contribution in [0.4, 0.5) is 11.4 Å². The SMILES string of the molecule is COc1ccc(NC(=O)[C@@H]2CCCN(c3cnn(C)c(=O)c3)C2)cc1. The molecule has 1 aromatic carbocycles. The fourth-order valence-corrected chi connectivity index (χ4v) is 2.98. The number of piperidine rings is 1. The quantitative estimate of drug-likeness (QED) is 0.914. The fraction of sp³-hybridized carbons (Fsp3) is 0.389. The molecule has 1 amide bonds. The summed E-state index contributed by atoms with van der Waals surface area (Å²) in [5.74, 6) is 0.617. The third-order valence-corrected chi connectivity index (χ3v) is 4.47. The van der Waals surface area contributed by atoms with E-state index in [2.05, 4.69) is 15.3 Å². The molecule has 7 nitrogen and oxygen atoms in total. The first-order valence-corrected chi connectivity index (χ1v) is 8.30. The number of ether oxygens (including phenoxy) is 1. The Bertz CT molecular complexity index is 801. The summed E-state index contributed by atoms with van der Waals surface area (Å²) in [6.45, 7) is 1.40. The number of hydrogen-bond acceptors (Lipinski definition) is 5. The van der Waals surface area contributed by atoms with Crippen LogP contribution in [0.15, 0.2) is 41.3 Å². The van der Waals surface area contributed by atoms with Crippen molar-refractivity contribution in [3.05, 3.63) is 46.9 Å². The van der Waals surface area contributed by atoms with E-state index in [1.54, 1.807) is 26.4 Å². The van der Waals surface area contributed by atoms with Crippen molar-refractivity contribution in [1.82, 2.24) is 9.78 Å². The van der Waals surface area contributed by atoms with Gasteiger partial charge in [0.2, 0.25) is 5.91 Å².